The summed E-state index contributed by atoms with van der Waals surface area (Å²) in [5.74, 6) is -5.13. The summed E-state index contributed by atoms with van der Waals surface area (Å²) < 4.78 is 0. The van der Waals surface area contributed by atoms with Gasteiger partial charge in [0, 0.05) is 18.9 Å². The highest BCUT2D eigenvalue weighted by Crippen LogP contribution is 2.25. The lowest BCUT2D eigenvalue weighted by Crippen LogP contribution is -2.61. The maximum absolute atomic E-state index is 14.3. The van der Waals surface area contributed by atoms with E-state index in [0.717, 1.165) is 31.2 Å². The summed E-state index contributed by atoms with van der Waals surface area (Å²) in [6, 6.07) is 8.80. The minimum Gasteiger partial charge on any atom is -0.368 e. The number of unbranched alkanes of at least 4 members (excludes halogenated alkanes) is 1. The molecular formula is C49H74N10O9S. The van der Waals surface area contributed by atoms with Gasteiger partial charge in [-0.05, 0) is 76.5 Å². The summed E-state index contributed by atoms with van der Waals surface area (Å²) in [5, 5.41) is 18.8. The number of nitrogens with zero attached hydrogens (tertiary/aromatic N) is 1. The van der Waals surface area contributed by atoms with Crippen LogP contribution in [0.5, 0.6) is 0 Å². The fourth-order valence-corrected chi connectivity index (χ4v) is 8.46. The fourth-order valence-electron chi connectivity index (χ4n) is 7.99. The minimum absolute atomic E-state index is 0.0227. The number of hydrogen-bond donors (Lipinski definition) is 9. The maximum Gasteiger partial charge on any atom is 0.245 e. The first kappa shape index (κ1) is 57.3. The van der Waals surface area contributed by atoms with Crippen LogP contribution in [-0.4, -0.2) is 131 Å². The first-order chi connectivity index (χ1) is 32.9. The third-order valence-electron chi connectivity index (χ3n) is 12.0. The van der Waals surface area contributed by atoms with Crippen LogP contribution in [0.1, 0.15) is 104 Å². The van der Waals surface area contributed by atoms with Crippen LogP contribution in [0.15, 0.2) is 60.7 Å². The molecule has 1 aliphatic rings. The second-order valence-corrected chi connectivity index (χ2v) is 18.6. The van der Waals surface area contributed by atoms with Crippen molar-refractivity contribution in [2.45, 2.75) is 160 Å². The minimum atomic E-state index is -1.22. The molecule has 0 saturated heterocycles. The molecule has 0 aromatic heterocycles. The van der Waals surface area contributed by atoms with Gasteiger partial charge in [-0.15, -0.1) is 0 Å². The molecule has 0 radical (unpaired) electrons. The monoisotopic (exact) mass is 979 g/mol. The quantitative estimate of drug-likeness (QED) is 0.0577. The van der Waals surface area contributed by atoms with Crippen molar-refractivity contribution in [1.82, 2.24) is 42.1 Å². The molecule has 0 bridgehead atoms. The van der Waals surface area contributed by atoms with Crippen molar-refractivity contribution in [3.05, 3.63) is 71.8 Å². The molecule has 11 N–H and O–H groups in total. The Hall–Kier alpha value is -6.02. The van der Waals surface area contributed by atoms with E-state index in [1.165, 1.54) is 37.4 Å². The van der Waals surface area contributed by atoms with Crippen molar-refractivity contribution in [3.63, 3.8) is 0 Å². The van der Waals surface area contributed by atoms with Gasteiger partial charge in [-0.2, -0.15) is 11.8 Å². The van der Waals surface area contributed by atoms with Gasteiger partial charge in [-0.3, -0.25) is 43.2 Å². The van der Waals surface area contributed by atoms with Crippen molar-refractivity contribution in [2.24, 2.45) is 11.5 Å². The van der Waals surface area contributed by atoms with Crippen LogP contribution in [0.2, 0.25) is 0 Å². The van der Waals surface area contributed by atoms with E-state index >= 15 is 0 Å². The summed E-state index contributed by atoms with van der Waals surface area (Å²) in [7, 11) is 0. The third kappa shape index (κ3) is 19.1. The predicted octanol–water partition coefficient (Wildman–Crippen LogP) is 0.862. The second-order valence-electron chi connectivity index (χ2n) is 17.6. The molecule has 380 valence electrons. The number of hydrogen-bond acceptors (Lipinski definition) is 11. The van der Waals surface area contributed by atoms with Crippen molar-refractivity contribution in [3.8, 4) is 0 Å². The van der Waals surface area contributed by atoms with Crippen molar-refractivity contribution >= 4 is 64.9 Å². The zero-order valence-electron chi connectivity index (χ0n) is 40.8. The summed E-state index contributed by atoms with van der Waals surface area (Å²) >= 11 is 1.48. The number of primary amides is 1. The zero-order chi connectivity index (χ0) is 51.0. The molecule has 1 aliphatic carbocycles. The molecule has 0 heterocycles. The Morgan fingerprint density at radius 3 is 1.55 bits per heavy atom. The van der Waals surface area contributed by atoms with Gasteiger partial charge >= 0.3 is 0 Å². The van der Waals surface area contributed by atoms with E-state index in [-0.39, 0.29) is 25.4 Å². The molecule has 1 fully saturated rings. The lowest BCUT2D eigenvalue weighted by atomic mass is 9.92. The first-order valence-electron chi connectivity index (χ1n) is 23.9. The molecule has 3 rings (SSSR count). The summed E-state index contributed by atoms with van der Waals surface area (Å²) in [6.07, 6.45) is 7.77. The molecular weight excluding hydrogens is 905 g/mol. The zero-order valence-corrected chi connectivity index (χ0v) is 41.7. The lowest BCUT2D eigenvalue weighted by Gasteiger charge is -2.39. The van der Waals surface area contributed by atoms with E-state index in [1.54, 1.807) is 61.5 Å². The van der Waals surface area contributed by atoms with Crippen LogP contribution < -0.4 is 48.7 Å². The molecule has 0 unspecified atom stereocenters. The molecule has 9 amide bonds. The number of thioether (sulfide) groups is 1. The number of benzene rings is 2. The number of carbonyl (C=O) groups excluding carboxylic acids is 9. The Labute approximate surface area is 410 Å². The Bertz CT molecular complexity index is 2020. The van der Waals surface area contributed by atoms with Crippen LogP contribution in [0, 0.1) is 0 Å². The van der Waals surface area contributed by atoms with Gasteiger partial charge in [0.2, 0.25) is 53.2 Å². The molecule has 8 atom stereocenters. The smallest absolute Gasteiger partial charge is 0.245 e. The molecule has 2 aromatic rings. The molecule has 2 aromatic carbocycles. The van der Waals surface area contributed by atoms with Gasteiger partial charge in [0.1, 0.15) is 48.3 Å². The van der Waals surface area contributed by atoms with E-state index in [4.69, 9.17) is 11.5 Å². The second kappa shape index (κ2) is 29.8. The van der Waals surface area contributed by atoms with Gasteiger partial charge in [0.05, 0.1) is 6.54 Å². The Balaban J connectivity index is 1.79. The number of rotatable bonds is 28. The van der Waals surface area contributed by atoms with E-state index in [1.807, 2.05) is 19.2 Å². The van der Waals surface area contributed by atoms with E-state index in [2.05, 4.69) is 37.2 Å². The summed E-state index contributed by atoms with van der Waals surface area (Å²) in [4.78, 5) is 122. The van der Waals surface area contributed by atoms with Crippen LogP contribution >= 0.6 is 11.8 Å². The van der Waals surface area contributed by atoms with Gasteiger partial charge < -0.3 is 53.6 Å². The summed E-state index contributed by atoms with van der Waals surface area (Å²) in [6.45, 7) is 7.56. The maximum atomic E-state index is 14.3. The van der Waals surface area contributed by atoms with Crippen molar-refractivity contribution in [2.75, 3.05) is 18.6 Å². The Morgan fingerprint density at radius 2 is 1.06 bits per heavy atom. The van der Waals surface area contributed by atoms with Crippen LogP contribution in [-0.2, 0) is 56.0 Å². The van der Waals surface area contributed by atoms with Gasteiger partial charge in [-0.1, -0.05) is 99.7 Å². The van der Waals surface area contributed by atoms with Crippen LogP contribution in [0.3, 0.4) is 0 Å². The SMILES string of the molecule is CCCC[C@H](NC(=O)[C@@H](Cc1ccccc1)NC(=O)[C@H](Cc1ccccc1)NC(=O)[C@H](C)NC(=O)[C@@H](C)N(C(=O)[C@@H](C)NC(=O)[C@H](C)NC(=O)[C@H](CCSC)NC(=O)CN)C1CCCCC1)C(N)=O. The van der Waals surface area contributed by atoms with Gasteiger partial charge in [0.25, 0.3) is 0 Å². The normalized spacial score (nSPS) is 16.0. The van der Waals surface area contributed by atoms with Crippen molar-refractivity contribution in [1.29, 1.82) is 0 Å². The largest absolute Gasteiger partial charge is 0.368 e. The lowest BCUT2D eigenvalue weighted by molar-refractivity contribution is -0.146. The molecule has 0 aliphatic heterocycles. The number of amides is 9. The van der Waals surface area contributed by atoms with E-state index in [0.29, 0.717) is 43.4 Å². The third-order valence-corrected chi connectivity index (χ3v) is 12.7. The summed E-state index contributed by atoms with van der Waals surface area (Å²) in [5.41, 5.74) is 12.5. The topological polar surface area (TPSA) is 293 Å². The molecule has 19 nitrogen and oxygen atoms in total. The van der Waals surface area contributed by atoms with Gasteiger partial charge in [-0.25, -0.2) is 0 Å². The molecule has 0 spiro atoms. The number of nitrogens with one attached hydrogen (secondary N) is 7. The predicted molar refractivity (Wildman–Crippen MR) is 265 cm³/mol. The highest BCUT2D eigenvalue weighted by molar-refractivity contribution is 7.98. The number of carbonyl (C=O) groups is 9. The highest BCUT2D eigenvalue weighted by atomic mass is 32.2. The fraction of sp³-hybridized carbons (Fsp3) is 0.571. The average Bonchev–Trinajstić information content (AvgIpc) is 3.34. The Kier molecular flexibility index (Phi) is 24.7. The van der Waals surface area contributed by atoms with E-state index in [9.17, 15) is 43.2 Å². The average molecular weight is 979 g/mol. The first-order valence-corrected chi connectivity index (χ1v) is 25.3. The number of nitrogens with two attached hydrogens (primary N) is 2. The molecule has 1 saturated carbocycles. The van der Waals surface area contributed by atoms with Crippen LogP contribution in [0.25, 0.3) is 0 Å². The Morgan fingerprint density at radius 1 is 0.594 bits per heavy atom. The standard InChI is InChI=1S/C49H74N10O9S/c1-7-8-24-37(42(51)61)56-47(66)40(28-35-20-14-10-15-21-35)58-48(67)39(27-34-18-12-9-13-19-34)57-44(63)31(3)52-45(64)33(5)59(36-22-16-11-17-23-36)49(68)32(4)54-43(62)30(2)53-46(65)38(25-26-69-6)55-41(60)29-50/h9-10,12-15,18-21,30-33,36-40H,7-8,11,16-17,22-29,50H2,1-6H3,(H2,51,61)(H,52,64)(H,53,65)(H,54,62)(H,55,60)(H,56,66)(H,57,63)(H,58,67)/t30-,31-,32+,33+,37-,38-,39-,40+/m0/s1. The van der Waals surface area contributed by atoms with Crippen molar-refractivity contribution < 1.29 is 43.2 Å². The molecule has 20 heteroatoms. The van der Waals surface area contributed by atoms with Crippen LogP contribution in [0.4, 0.5) is 0 Å². The highest BCUT2D eigenvalue weighted by Gasteiger charge is 2.38. The van der Waals surface area contributed by atoms with E-state index < -0.39 is 101 Å². The van der Waals surface area contributed by atoms with Gasteiger partial charge in [0.15, 0.2) is 0 Å². The molecule has 69 heavy (non-hydrogen) atoms.